The van der Waals surface area contributed by atoms with Crippen LogP contribution in [0.25, 0.3) is 33.8 Å². The number of carboxylic acid groups (broad SMARTS) is 2. The number of carbonyl (C=O) groups excluding carboxylic acids is 2. The van der Waals surface area contributed by atoms with Gasteiger partial charge in [0.15, 0.2) is 0 Å². The van der Waals surface area contributed by atoms with E-state index in [-0.39, 0.29) is 53.5 Å². The van der Waals surface area contributed by atoms with Crippen molar-refractivity contribution in [2.45, 2.75) is 224 Å². The Hall–Kier alpha value is -7.08. The third-order valence-electron chi connectivity index (χ3n) is 28.7. The monoisotopic (exact) mass is 2090 g/mol. The lowest BCUT2D eigenvalue weighted by Crippen LogP contribution is -2.38. The molecule has 13 fully saturated rings. The summed E-state index contributed by atoms with van der Waals surface area (Å²) < 4.78 is 48.6. The van der Waals surface area contributed by atoms with Gasteiger partial charge in [0.1, 0.15) is 34.4 Å². The quantitative estimate of drug-likeness (QED) is 0.0355. The van der Waals surface area contributed by atoms with Gasteiger partial charge >= 0.3 is 23.9 Å². The van der Waals surface area contributed by atoms with E-state index in [1.165, 1.54) is 32.0 Å². The van der Waals surface area contributed by atoms with Crippen LogP contribution in [-0.4, -0.2) is 120 Å². The number of piperidine rings is 3. The van der Waals surface area contributed by atoms with Crippen molar-refractivity contribution in [1.29, 1.82) is 0 Å². The number of rotatable bonds is 25. The molecule has 6 bridgehead atoms. The van der Waals surface area contributed by atoms with Crippen molar-refractivity contribution in [2.75, 3.05) is 43.7 Å². The molecule has 10 saturated carbocycles. The van der Waals surface area contributed by atoms with Crippen molar-refractivity contribution in [2.24, 2.45) is 17.8 Å². The Morgan fingerprint density at radius 2 is 0.711 bits per heavy atom. The van der Waals surface area contributed by atoms with Crippen molar-refractivity contribution in [3.63, 3.8) is 0 Å². The van der Waals surface area contributed by atoms with Crippen LogP contribution in [0.15, 0.2) is 174 Å². The van der Waals surface area contributed by atoms with Gasteiger partial charge in [0.05, 0.1) is 104 Å². The third-order valence-corrected chi connectivity index (χ3v) is 31.7. The summed E-state index contributed by atoms with van der Waals surface area (Å²) in [5, 5.41) is 38.7. The topological polar surface area (TPSA) is 251 Å². The van der Waals surface area contributed by atoms with Crippen molar-refractivity contribution >= 4 is 161 Å². The van der Waals surface area contributed by atoms with Gasteiger partial charge < -0.3 is 62.6 Å². The lowest BCUT2D eigenvalue weighted by molar-refractivity contribution is -0.144. The van der Waals surface area contributed by atoms with Crippen LogP contribution in [0.5, 0.6) is 0 Å². The van der Waals surface area contributed by atoms with Crippen molar-refractivity contribution in [3.8, 4) is 33.8 Å². The van der Waals surface area contributed by atoms with E-state index >= 15 is 0 Å². The molecule has 3 aliphatic heterocycles. The van der Waals surface area contributed by atoms with Crippen LogP contribution in [0.1, 0.15) is 202 Å². The van der Waals surface area contributed by atoms with Crippen LogP contribution in [0, 0.1) is 17.8 Å². The van der Waals surface area contributed by atoms with E-state index in [2.05, 4.69) is 98.8 Å². The first-order chi connectivity index (χ1) is 61.5. The van der Waals surface area contributed by atoms with Crippen LogP contribution in [0.4, 0.5) is 11.4 Å². The van der Waals surface area contributed by atoms with Gasteiger partial charge in [-0.25, -0.2) is 0 Å². The van der Waals surface area contributed by atoms with E-state index in [0.29, 0.717) is 132 Å². The second-order valence-electron chi connectivity index (χ2n) is 36.7. The zero-order valence-corrected chi connectivity index (χ0v) is 80.7. The minimum Gasteiger partial charge on any atom is -0.481 e. The molecule has 13 aliphatic rings. The number of halogens is 9. The average Bonchev–Trinajstić information content (AvgIpc) is 1.61. The highest BCUT2D eigenvalue weighted by atomic mass is 127. The van der Waals surface area contributed by atoms with Gasteiger partial charge in [-0.3, -0.25) is 19.2 Å². The highest BCUT2D eigenvalue weighted by Crippen LogP contribution is 2.56. The number of esters is 2. The van der Waals surface area contributed by atoms with E-state index < -0.39 is 28.2 Å². The van der Waals surface area contributed by atoms with Crippen LogP contribution in [0.3, 0.4) is 0 Å². The number of nitrogens with zero attached hydrogens (tertiary/aromatic N) is 5. The predicted octanol–water partition coefficient (Wildman–Crippen LogP) is 24.4. The molecule has 10 aliphatic carbocycles. The molecule has 3 N–H and O–H groups in total. The van der Waals surface area contributed by atoms with Gasteiger partial charge in [-0.1, -0.05) is 184 Å². The van der Waals surface area contributed by atoms with E-state index in [1.807, 2.05) is 115 Å². The van der Waals surface area contributed by atoms with E-state index in [4.69, 9.17) is 112 Å². The summed E-state index contributed by atoms with van der Waals surface area (Å²) >= 11 is 45.5. The minimum absolute atomic E-state index is 0. The summed E-state index contributed by atoms with van der Waals surface area (Å²) in [6.07, 6.45) is 20.5. The van der Waals surface area contributed by atoms with Crippen molar-refractivity contribution in [3.05, 3.63) is 247 Å². The van der Waals surface area contributed by atoms with Crippen molar-refractivity contribution < 1.29 is 66.6 Å². The predicted molar refractivity (Wildman–Crippen MR) is 509 cm³/mol. The fourth-order valence-electron chi connectivity index (χ4n) is 20.4. The summed E-state index contributed by atoms with van der Waals surface area (Å²) in [6, 6.07) is 50.1. The number of benzene rings is 7. The molecule has 6 heterocycles. The zero-order valence-electron chi connectivity index (χ0n) is 70.7. The highest BCUT2D eigenvalue weighted by Gasteiger charge is 2.56. The maximum absolute atomic E-state index is 12.3. The summed E-state index contributed by atoms with van der Waals surface area (Å²) in [5.41, 5.74) is 11.6. The minimum atomic E-state index is -0.710. The molecular formula is C99H99Br2Cl6IN6O14. The Kier molecular flexibility index (Phi) is 27.0. The molecule has 3 aromatic heterocycles. The Bertz CT molecular complexity index is 5710. The van der Waals surface area contributed by atoms with Gasteiger partial charge in [0.25, 0.3) is 0 Å². The molecule has 672 valence electrons. The SMILES string of the molecule is COC(=O)C1(c2ccc(Br)cc2)CC1.COC(=O)C1(c2ccc(N3C[C@@H]4C[C@H]3C[C@H]4OCc3c(-c4c(Cl)cccc4Cl)noc3C3CC3)cc2)CC1.Clc1cccc(Cl)c1-c1noc(C2CC2)c1CO[C@@H]1C[C@@H]2C[C@H]1CN2.I.O=C(O)C1(c2ccc(Br)cc2)CC1.O=C(O)C1(c2ccc(N3C[C@@H]4C[C@H]3C[C@H]4OCc3c(-c4c(Cl)cccc4Cl)noc3C3CC3)cc2)CC1. The molecule has 20 nitrogen and oxygen atoms in total. The number of fused-ring (bicyclic) bond motifs is 6. The molecule has 3 saturated heterocycles. The molecule has 10 aromatic rings. The fraction of sp³-hybridized carbons (Fsp3) is 0.444. The summed E-state index contributed by atoms with van der Waals surface area (Å²) in [7, 11) is 2.92. The number of aliphatic carboxylic acids is 2. The average molecular weight is 2100 g/mol. The molecule has 0 unspecified atom stereocenters. The number of ether oxygens (including phenoxy) is 5. The number of methoxy groups -OCH3 is 2. The normalized spacial score (nSPS) is 24.1. The van der Waals surface area contributed by atoms with Gasteiger partial charge in [0, 0.05) is 121 Å². The number of hydrogen-bond donors (Lipinski definition) is 3. The van der Waals surface area contributed by atoms with Crippen LogP contribution in [-0.2, 0) is 84.3 Å². The summed E-state index contributed by atoms with van der Waals surface area (Å²) in [4.78, 5) is 51.4. The second kappa shape index (κ2) is 37.8. The van der Waals surface area contributed by atoms with E-state index in [1.54, 1.807) is 0 Å². The standard InChI is InChI=1S/C30H30Cl2N2O4.C29H28Cl2N2O4.C19H20Cl2N2O2.C11H11BrO2.C10H9BrO2.HI/c1-36-29(35)30(11-12-30)19-7-9-20(10-8-19)34-15-18-13-21(34)14-25(18)37-16-22-27(33-38-28(22)17-5-6-17)26-23(31)3-2-4-24(26)32;30-22-2-1-3-23(31)25(22)26-21(27(37-32-26)16-4-5-16)15-36-24-13-20-12-17(24)14-33(20)19-8-6-18(7-9-19)29(10-11-29)28(34)35;20-14-2-1-3-15(21)17(14)18-13(19(25-23-18)10-4-5-10)9-24-16-7-12-6-11(16)8-22-12;1-14-10(13)11(6-7-11)8-2-4-9(12)5-3-8;11-8-3-1-7(2-4-8)10(5-6-10)9(12)13;/h2-4,7-10,17-18,21,25H,5-6,11-16H2,1H3;1-3,6-9,16-17,20,24H,4-5,10-15H2,(H,34,35);1-3,10-12,16,22H,4-9H2;2-5H,6-7H2,1H3;1-4H,5-6H2,(H,12,13);1H/t18-,21-,25+;17-,20-,24+;11-,12-,16+;;;/m000.../s1. The molecule has 0 radical (unpaired) electrons. The van der Waals surface area contributed by atoms with Gasteiger partial charge in [-0.15, -0.1) is 24.0 Å². The van der Waals surface area contributed by atoms with Gasteiger partial charge in [0.2, 0.25) is 0 Å². The molecule has 0 amide bonds. The van der Waals surface area contributed by atoms with Crippen LogP contribution < -0.4 is 15.1 Å². The number of nitrogens with one attached hydrogen (secondary N) is 1. The third kappa shape index (κ3) is 18.5. The lowest BCUT2D eigenvalue weighted by Gasteiger charge is -2.33. The highest BCUT2D eigenvalue weighted by molar-refractivity contribution is 14.0. The Morgan fingerprint density at radius 3 is 0.961 bits per heavy atom. The number of carbonyl (C=O) groups is 4. The van der Waals surface area contributed by atoms with Gasteiger partial charge in [-0.2, -0.15) is 0 Å². The number of anilines is 2. The first-order valence-corrected chi connectivity index (χ1v) is 48.1. The molecule has 9 atom stereocenters. The number of aromatic nitrogens is 3. The van der Waals surface area contributed by atoms with Crippen LogP contribution in [0.2, 0.25) is 30.1 Å². The summed E-state index contributed by atoms with van der Waals surface area (Å²) in [5.74, 6) is 3.95. The van der Waals surface area contributed by atoms with Crippen LogP contribution >= 0.6 is 125 Å². The van der Waals surface area contributed by atoms with Gasteiger partial charge in [-0.05, 0) is 242 Å². The van der Waals surface area contributed by atoms with E-state index in [0.717, 1.165) is 218 Å². The molecule has 7 aromatic carbocycles. The first-order valence-electron chi connectivity index (χ1n) is 44.2. The molecule has 23 rings (SSSR count). The Morgan fingerprint density at radius 1 is 0.414 bits per heavy atom. The molecule has 128 heavy (non-hydrogen) atoms. The Labute approximate surface area is 807 Å². The lowest BCUT2D eigenvalue weighted by atomic mass is 9.95. The fourth-order valence-corrected chi connectivity index (χ4v) is 22.7. The maximum atomic E-state index is 12.3. The maximum Gasteiger partial charge on any atom is 0.316 e. The number of carboxylic acids is 2. The molecule has 29 heteroatoms. The molecule has 0 spiro atoms. The summed E-state index contributed by atoms with van der Waals surface area (Å²) in [6.45, 7) is 4.38. The smallest absolute Gasteiger partial charge is 0.316 e. The Balaban J connectivity index is 0.000000114. The largest absolute Gasteiger partial charge is 0.481 e. The zero-order chi connectivity index (χ0) is 88.0. The number of hydrogen-bond acceptors (Lipinski definition) is 18. The van der Waals surface area contributed by atoms with Crippen molar-refractivity contribution in [1.82, 2.24) is 20.8 Å². The first kappa shape index (κ1) is 91.4. The van der Waals surface area contributed by atoms with E-state index in [9.17, 15) is 24.3 Å². The second-order valence-corrected chi connectivity index (χ2v) is 41.0. The molecular weight excluding hydrogens is 2000 g/mol.